The van der Waals surface area contributed by atoms with Gasteiger partial charge in [0.2, 0.25) is 0 Å². The van der Waals surface area contributed by atoms with Crippen molar-refractivity contribution in [1.82, 2.24) is 20.1 Å². The molecular formula is C18H18N4O2. The van der Waals surface area contributed by atoms with Crippen LogP contribution in [0.1, 0.15) is 36.1 Å². The summed E-state index contributed by atoms with van der Waals surface area (Å²) < 4.78 is 1.35. The van der Waals surface area contributed by atoms with Crippen LogP contribution in [0.5, 0.6) is 0 Å². The summed E-state index contributed by atoms with van der Waals surface area (Å²) in [7, 11) is 0. The number of benzene rings is 1. The Morgan fingerprint density at radius 2 is 1.83 bits per heavy atom. The molecule has 0 spiro atoms. The molecule has 6 heteroatoms. The second kappa shape index (κ2) is 6.62. The largest absolute Gasteiger partial charge is 0.345 e. The number of pyridine rings is 1. The molecule has 0 saturated heterocycles. The second-order valence-electron chi connectivity index (χ2n) is 5.74. The van der Waals surface area contributed by atoms with E-state index in [0.29, 0.717) is 17.3 Å². The zero-order valence-electron chi connectivity index (χ0n) is 13.6. The maximum absolute atomic E-state index is 12.6. The van der Waals surface area contributed by atoms with Gasteiger partial charge >= 0.3 is 0 Å². The highest BCUT2D eigenvalue weighted by molar-refractivity contribution is 6.04. The van der Waals surface area contributed by atoms with Gasteiger partial charge in [-0.2, -0.15) is 5.10 Å². The number of nitrogens with one attached hydrogen (secondary N) is 1. The van der Waals surface area contributed by atoms with E-state index in [1.807, 2.05) is 32.0 Å². The standard InChI is InChI=1S/C18H18N4O2/c1-12(2)22-18(24)15-9-4-3-8-14(15)16(21-22)17(23)20-11-13-7-5-6-10-19-13/h3-10,12H,11H2,1-2H3,(H,20,23). The summed E-state index contributed by atoms with van der Waals surface area (Å²) in [6.07, 6.45) is 1.67. The minimum absolute atomic E-state index is 0.135. The molecule has 6 nitrogen and oxygen atoms in total. The van der Waals surface area contributed by atoms with E-state index in [0.717, 1.165) is 5.69 Å². The fourth-order valence-electron chi connectivity index (χ4n) is 2.48. The van der Waals surface area contributed by atoms with Crippen LogP contribution in [-0.2, 0) is 6.54 Å². The zero-order valence-corrected chi connectivity index (χ0v) is 13.6. The topological polar surface area (TPSA) is 76.9 Å². The number of aromatic nitrogens is 3. The number of amides is 1. The lowest BCUT2D eigenvalue weighted by atomic mass is 10.1. The van der Waals surface area contributed by atoms with E-state index < -0.39 is 0 Å². The van der Waals surface area contributed by atoms with Crippen molar-refractivity contribution in [2.45, 2.75) is 26.4 Å². The first-order valence-electron chi connectivity index (χ1n) is 7.77. The molecule has 0 unspecified atom stereocenters. The van der Waals surface area contributed by atoms with Crippen LogP contribution < -0.4 is 10.9 Å². The lowest BCUT2D eigenvalue weighted by Crippen LogP contribution is -2.31. The fourth-order valence-corrected chi connectivity index (χ4v) is 2.48. The molecule has 2 aromatic heterocycles. The van der Waals surface area contributed by atoms with Gasteiger partial charge in [0.05, 0.1) is 23.7 Å². The predicted molar refractivity (Wildman–Crippen MR) is 91.8 cm³/mol. The van der Waals surface area contributed by atoms with Gasteiger partial charge in [0.1, 0.15) is 0 Å². The molecule has 122 valence electrons. The molecule has 0 bridgehead atoms. The number of carbonyl (C=O) groups is 1. The number of hydrogen-bond donors (Lipinski definition) is 1. The smallest absolute Gasteiger partial charge is 0.274 e. The van der Waals surface area contributed by atoms with Crippen molar-refractivity contribution in [2.75, 3.05) is 0 Å². The number of rotatable bonds is 4. The van der Waals surface area contributed by atoms with Crippen LogP contribution in [0.15, 0.2) is 53.5 Å². The van der Waals surface area contributed by atoms with Gasteiger partial charge in [-0.05, 0) is 32.0 Å². The Morgan fingerprint density at radius 3 is 2.50 bits per heavy atom. The van der Waals surface area contributed by atoms with E-state index in [4.69, 9.17) is 0 Å². The van der Waals surface area contributed by atoms with E-state index in [9.17, 15) is 9.59 Å². The van der Waals surface area contributed by atoms with Crippen LogP contribution in [0.3, 0.4) is 0 Å². The summed E-state index contributed by atoms with van der Waals surface area (Å²) in [5, 5.41) is 8.14. The first-order chi connectivity index (χ1) is 11.6. The quantitative estimate of drug-likeness (QED) is 0.799. The summed E-state index contributed by atoms with van der Waals surface area (Å²) in [6, 6.07) is 12.4. The Morgan fingerprint density at radius 1 is 1.12 bits per heavy atom. The molecule has 24 heavy (non-hydrogen) atoms. The van der Waals surface area contributed by atoms with Crippen LogP contribution in [-0.4, -0.2) is 20.7 Å². The number of hydrogen-bond acceptors (Lipinski definition) is 4. The van der Waals surface area contributed by atoms with Gasteiger partial charge in [-0.3, -0.25) is 14.6 Å². The van der Waals surface area contributed by atoms with Crippen molar-refractivity contribution in [3.8, 4) is 0 Å². The molecule has 1 amide bonds. The average molecular weight is 322 g/mol. The first kappa shape index (κ1) is 15.9. The fraction of sp³-hybridized carbons (Fsp3) is 0.222. The molecule has 1 N–H and O–H groups in total. The van der Waals surface area contributed by atoms with Gasteiger partial charge in [0.15, 0.2) is 5.69 Å². The Kier molecular flexibility index (Phi) is 4.37. The summed E-state index contributed by atoms with van der Waals surface area (Å²) in [4.78, 5) is 29.3. The van der Waals surface area contributed by atoms with Gasteiger partial charge in [0.25, 0.3) is 11.5 Å². The third-order valence-electron chi connectivity index (χ3n) is 3.69. The molecule has 3 aromatic rings. The summed E-state index contributed by atoms with van der Waals surface area (Å²) in [5.74, 6) is -0.328. The summed E-state index contributed by atoms with van der Waals surface area (Å²) >= 11 is 0. The van der Waals surface area contributed by atoms with Crippen molar-refractivity contribution in [3.05, 3.63) is 70.4 Å². The third kappa shape index (κ3) is 3.03. The van der Waals surface area contributed by atoms with Gasteiger partial charge in [-0.25, -0.2) is 4.68 Å². The monoisotopic (exact) mass is 322 g/mol. The van der Waals surface area contributed by atoms with Crippen LogP contribution >= 0.6 is 0 Å². The SMILES string of the molecule is CC(C)n1nc(C(=O)NCc2ccccn2)c2ccccc2c1=O. The first-order valence-corrected chi connectivity index (χ1v) is 7.77. The van der Waals surface area contributed by atoms with E-state index in [1.54, 1.807) is 30.5 Å². The van der Waals surface area contributed by atoms with E-state index >= 15 is 0 Å². The zero-order chi connectivity index (χ0) is 17.1. The molecule has 2 heterocycles. The molecular weight excluding hydrogens is 304 g/mol. The minimum atomic E-state index is -0.328. The highest BCUT2D eigenvalue weighted by atomic mass is 16.2. The normalized spacial score (nSPS) is 11.0. The van der Waals surface area contributed by atoms with Gasteiger partial charge < -0.3 is 5.32 Å². The molecule has 0 aliphatic rings. The molecule has 0 saturated carbocycles. The van der Waals surface area contributed by atoms with E-state index in [-0.39, 0.29) is 23.2 Å². The van der Waals surface area contributed by atoms with Gasteiger partial charge in [-0.15, -0.1) is 0 Å². The minimum Gasteiger partial charge on any atom is -0.345 e. The van der Waals surface area contributed by atoms with E-state index in [2.05, 4.69) is 15.4 Å². The molecule has 0 radical (unpaired) electrons. The Labute approximate surface area is 139 Å². The summed E-state index contributed by atoms with van der Waals surface area (Å²) in [6.45, 7) is 4.02. The van der Waals surface area contributed by atoms with Crippen molar-refractivity contribution in [1.29, 1.82) is 0 Å². The maximum Gasteiger partial charge on any atom is 0.274 e. The Bertz CT molecular complexity index is 933. The van der Waals surface area contributed by atoms with Crippen molar-refractivity contribution in [2.24, 2.45) is 0 Å². The van der Waals surface area contributed by atoms with Gasteiger partial charge in [0, 0.05) is 11.6 Å². The van der Waals surface area contributed by atoms with Crippen LogP contribution in [0.25, 0.3) is 10.8 Å². The highest BCUT2D eigenvalue weighted by Gasteiger charge is 2.17. The lowest BCUT2D eigenvalue weighted by molar-refractivity contribution is 0.0944. The Hall–Kier alpha value is -3.02. The number of fused-ring (bicyclic) bond motifs is 1. The molecule has 0 atom stereocenters. The molecule has 0 aliphatic carbocycles. The lowest BCUT2D eigenvalue weighted by Gasteiger charge is -2.13. The molecule has 1 aromatic carbocycles. The van der Waals surface area contributed by atoms with Crippen molar-refractivity contribution < 1.29 is 4.79 Å². The average Bonchev–Trinajstić information content (AvgIpc) is 2.61. The third-order valence-corrected chi connectivity index (χ3v) is 3.69. The number of carbonyl (C=O) groups excluding carboxylic acids is 1. The van der Waals surface area contributed by atoms with Crippen molar-refractivity contribution >= 4 is 16.7 Å². The van der Waals surface area contributed by atoms with E-state index in [1.165, 1.54) is 4.68 Å². The summed E-state index contributed by atoms with van der Waals surface area (Å²) in [5.41, 5.74) is 0.809. The predicted octanol–water partition coefficient (Wildman–Crippen LogP) is 2.30. The van der Waals surface area contributed by atoms with Gasteiger partial charge in [-0.1, -0.05) is 24.3 Å². The van der Waals surface area contributed by atoms with Crippen LogP contribution in [0, 0.1) is 0 Å². The second-order valence-corrected chi connectivity index (χ2v) is 5.74. The molecule has 0 aliphatic heterocycles. The van der Waals surface area contributed by atoms with Crippen molar-refractivity contribution in [3.63, 3.8) is 0 Å². The highest BCUT2D eigenvalue weighted by Crippen LogP contribution is 2.14. The molecule has 3 rings (SSSR count). The number of nitrogens with zero attached hydrogens (tertiary/aromatic N) is 3. The molecule has 0 fully saturated rings. The van der Waals surface area contributed by atoms with Crippen LogP contribution in [0.4, 0.5) is 0 Å². The van der Waals surface area contributed by atoms with Crippen LogP contribution in [0.2, 0.25) is 0 Å². The maximum atomic E-state index is 12.6. The Balaban J connectivity index is 2.00.